The summed E-state index contributed by atoms with van der Waals surface area (Å²) in [5, 5.41) is 0. The Morgan fingerprint density at radius 3 is 2.88 bits per heavy atom. The van der Waals surface area contributed by atoms with Crippen LogP contribution >= 0.6 is 0 Å². The zero-order valence-electron chi connectivity index (χ0n) is 9.56. The van der Waals surface area contributed by atoms with E-state index in [0.29, 0.717) is 13.0 Å². The number of rotatable bonds is 2. The summed E-state index contributed by atoms with van der Waals surface area (Å²) in [6, 6.07) is 3.89. The molecule has 94 valence electrons. The van der Waals surface area contributed by atoms with Gasteiger partial charge < -0.3 is 10.6 Å². The predicted molar refractivity (Wildman–Crippen MR) is 64.3 cm³/mol. The third kappa shape index (κ3) is 2.02. The van der Waals surface area contributed by atoms with E-state index >= 15 is 0 Å². The molecule has 0 fully saturated rings. The highest BCUT2D eigenvalue weighted by atomic mass is 32.2. The number of nitrogens with zero attached hydrogens (tertiary/aromatic N) is 1. The summed E-state index contributed by atoms with van der Waals surface area (Å²) in [7, 11) is -1.70. The molecule has 1 aromatic rings. The molecule has 0 saturated heterocycles. The van der Waals surface area contributed by atoms with Gasteiger partial charge in [0.25, 0.3) is 0 Å². The Morgan fingerprint density at radius 2 is 2.24 bits per heavy atom. The monoisotopic (exact) mass is 258 g/mol. The van der Waals surface area contributed by atoms with Gasteiger partial charge in [-0.3, -0.25) is 0 Å². The number of nitrogens with two attached hydrogens (primary N) is 1. The Hall–Kier alpha value is -1.14. The van der Waals surface area contributed by atoms with Gasteiger partial charge in [-0.15, -0.1) is 0 Å². The summed E-state index contributed by atoms with van der Waals surface area (Å²) >= 11 is 0. The van der Waals surface area contributed by atoms with Gasteiger partial charge in [0, 0.05) is 13.1 Å². The molecular weight excluding hydrogens is 243 g/mol. The van der Waals surface area contributed by atoms with Gasteiger partial charge in [0.05, 0.1) is 16.3 Å². The maximum Gasteiger partial charge on any atom is 0.182 e. The van der Waals surface area contributed by atoms with Crippen molar-refractivity contribution < 1.29 is 12.8 Å². The molecule has 1 unspecified atom stereocenters. The third-order valence-electron chi connectivity index (χ3n) is 3.10. The van der Waals surface area contributed by atoms with Crippen LogP contribution in [0.25, 0.3) is 0 Å². The number of halogens is 1. The normalized spacial score (nSPS) is 22.3. The summed E-state index contributed by atoms with van der Waals surface area (Å²) in [5.74, 6) is -0.507. The summed E-state index contributed by atoms with van der Waals surface area (Å²) in [4.78, 5) is 1.76. The number of anilines is 1. The number of benzene rings is 1. The topological polar surface area (TPSA) is 63.4 Å². The zero-order chi connectivity index (χ0) is 12.6. The van der Waals surface area contributed by atoms with E-state index in [1.807, 2.05) is 0 Å². The minimum absolute atomic E-state index is 0.00282. The van der Waals surface area contributed by atoms with Crippen molar-refractivity contribution in [2.75, 3.05) is 24.2 Å². The van der Waals surface area contributed by atoms with Gasteiger partial charge >= 0.3 is 0 Å². The molecule has 1 aliphatic rings. The van der Waals surface area contributed by atoms with Crippen molar-refractivity contribution in [3.05, 3.63) is 24.0 Å². The van der Waals surface area contributed by atoms with Gasteiger partial charge in [0.1, 0.15) is 5.82 Å². The molecule has 2 rings (SSSR count). The fourth-order valence-corrected chi connectivity index (χ4v) is 4.09. The van der Waals surface area contributed by atoms with Gasteiger partial charge in [-0.2, -0.15) is 0 Å². The lowest BCUT2D eigenvalue weighted by molar-refractivity contribution is 0.544. The maximum atomic E-state index is 13.7. The van der Waals surface area contributed by atoms with Crippen LogP contribution in [-0.4, -0.2) is 33.8 Å². The van der Waals surface area contributed by atoms with E-state index in [1.165, 1.54) is 18.2 Å². The molecule has 0 aliphatic carbocycles. The van der Waals surface area contributed by atoms with Crippen LogP contribution in [0.15, 0.2) is 23.1 Å². The molecule has 2 N–H and O–H groups in total. The summed E-state index contributed by atoms with van der Waals surface area (Å²) in [5.41, 5.74) is 5.62. The fraction of sp³-hybridized carbons (Fsp3) is 0.455. The van der Waals surface area contributed by atoms with Crippen LogP contribution in [0, 0.1) is 5.82 Å². The molecule has 1 atom stereocenters. The van der Waals surface area contributed by atoms with Crippen LogP contribution in [0.3, 0.4) is 0 Å². The first kappa shape index (κ1) is 12.3. The Labute approximate surface area is 100 Å². The Bertz CT molecular complexity index is 530. The second-order valence-electron chi connectivity index (χ2n) is 4.21. The summed E-state index contributed by atoms with van der Waals surface area (Å²) < 4.78 is 37.8. The Morgan fingerprint density at radius 1 is 1.53 bits per heavy atom. The molecule has 0 spiro atoms. The molecule has 0 saturated carbocycles. The van der Waals surface area contributed by atoms with Crippen LogP contribution in [0.4, 0.5) is 10.1 Å². The molecule has 17 heavy (non-hydrogen) atoms. The summed E-state index contributed by atoms with van der Waals surface area (Å²) in [6.45, 7) is 0.383. The zero-order valence-corrected chi connectivity index (χ0v) is 10.4. The molecular formula is C11H15FN2O2S. The molecule has 1 aliphatic heterocycles. The first-order chi connectivity index (χ1) is 7.97. The Balaban J connectivity index is 2.58. The molecule has 0 aromatic heterocycles. The van der Waals surface area contributed by atoms with E-state index in [9.17, 15) is 12.8 Å². The standard InChI is InChI=1S/C11H15FN2O2S/c1-14-8(5-6-13)7-17(15,16)10-4-2-3-9(12)11(10)14/h2-4,8H,5-7,13H2,1H3. The SMILES string of the molecule is CN1c2c(F)cccc2S(=O)(=O)CC1CCN. The lowest BCUT2D eigenvalue weighted by Gasteiger charge is -2.35. The number of para-hydroxylation sites is 1. The van der Waals surface area contributed by atoms with Gasteiger partial charge in [0.15, 0.2) is 9.84 Å². The van der Waals surface area contributed by atoms with E-state index < -0.39 is 15.7 Å². The van der Waals surface area contributed by atoms with Crippen LogP contribution < -0.4 is 10.6 Å². The largest absolute Gasteiger partial charge is 0.367 e. The van der Waals surface area contributed by atoms with Gasteiger partial charge in [-0.25, -0.2) is 12.8 Å². The van der Waals surface area contributed by atoms with E-state index in [0.717, 1.165) is 0 Å². The van der Waals surface area contributed by atoms with E-state index in [4.69, 9.17) is 5.73 Å². The van der Waals surface area contributed by atoms with Crippen LogP contribution in [0.2, 0.25) is 0 Å². The van der Waals surface area contributed by atoms with Crippen LogP contribution in [0.1, 0.15) is 6.42 Å². The van der Waals surface area contributed by atoms with E-state index in [1.54, 1.807) is 11.9 Å². The third-order valence-corrected chi connectivity index (χ3v) is 4.92. The summed E-state index contributed by atoms with van der Waals surface area (Å²) in [6.07, 6.45) is 0.531. The number of fused-ring (bicyclic) bond motifs is 1. The van der Waals surface area contributed by atoms with Crippen molar-refractivity contribution in [2.24, 2.45) is 5.73 Å². The predicted octanol–water partition coefficient (Wildman–Crippen LogP) is 0.767. The first-order valence-electron chi connectivity index (χ1n) is 5.41. The highest BCUT2D eigenvalue weighted by Gasteiger charge is 2.35. The number of sulfone groups is 1. The minimum atomic E-state index is -3.41. The Kier molecular flexibility index (Phi) is 3.09. The van der Waals surface area contributed by atoms with E-state index in [2.05, 4.69) is 0 Å². The second kappa shape index (κ2) is 4.27. The van der Waals surface area contributed by atoms with Crippen molar-refractivity contribution in [1.82, 2.24) is 0 Å². The van der Waals surface area contributed by atoms with Crippen molar-refractivity contribution in [2.45, 2.75) is 17.4 Å². The molecule has 1 aromatic carbocycles. The van der Waals surface area contributed by atoms with Crippen molar-refractivity contribution in [1.29, 1.82) is 0 Å². The highest BCUT2D eigenvalue weighted by Crippen LogP contribution is 2.35. The van der Waals surface area contributed by atoms with Crippen LogP contribution in [0.5, 0.6) is 0 Å². The second-order valence-corrected chi connectivity index (χ2v) is 6.21. The first-order valence-corrected chi connectivity index (χ1v) is 7.07. The molecule has 6 heteroatoms. The average Bonchev–Trinajstić information content (AvgIpc) is 2.25. The lowest BCUT2D eigenvalue weighted by atomic mass is 10.1. The number of hydrogen-bond acceptors (Lipinski definition) is 4. The van der Waals surface area contributed by atoms with E-state index in [-0.39, 0.29) is 22.4 Å². The van der Waals surface area contributed by atoms with Gasteiger partial charge in [-0.1, -0.05) is 6.07 Å². The average molecular weight is 258 g/mol. The van der Waals surface area contributed by atoms with Crippen molar-refractivity contribution in [3.8, 4) is 0 Å². The highest BCUT2D eigenvalue weighted by molar-refractivity contribution is 7.91. The fourth-order valence-electron chi connectivity index (χ4n) is 2.20. The van der Waals surface area contributed by atoms with Gasteiger partial charge in [0.2, 0.25) is 0 Å². The molecule has 0 radical (unpaired) electrons. The molecule has 0 amide bonds. The lowest BCUT2D eigenvalue weighted by Crippen LogP contribution is -2.44. The quantitative estimate of drug-likeness (QED) is 0.851. The van der Waals surface area contributed by atoms with Gasteiger partial charge in [-0.05, 0) is 25.1 Å². The molecule has 4 nitrogen and oxygen atoms in total. The number of hydrogen-bond donors (Lipinski definition) is 1. The molecule has 1 heterocycles. The van der Waals surface area contributed by atoms with Crippen molar-refractivity contribution >= 4 is 15.5 Å². The minimum Gasteiger partial charge on any atom is -0.367 e. The molecule has 0 bridgehead atoms. The van der Waals surface area contributed by atoms with Crippen molar-refractivity contribution in [3.63, 3.8) is 0 Å². The van der Waals surface area contributed by atoms with Crippen LogP contribution in [-0.2, 0) is 9.84 Å². The smallest absolute Gasteiger partial charge is 0.182 e. The maximum absolute atomic E-state index is 13.7.